The van der Waals surface area contributed by atoms with E-state index in [2.05, 4.69) is 0 Å². The van der Waals surface area contributed by atoms with Crippen LogP contribution in [-0.2, 0) is 14.8 Å². The van der Waals surface area contributed by atoms with E-state index in [0.29, 0.717) is 18.6 Å². The summed E-state index contributed by atoms with van der Waals surface area (Å²) in [6.45, 7) is 0.752. The van der Waals surface area contributed by atoms with Gasteiger partial charge in [0.1, 0.15) is 5.69 Å². The lowest BCUT2D eigenvalue weighted by Crippen LogP contribution is -2.46. The number of hydrogen-bond acceptors (Lipinski definition) is 8. The van der Waals surface area contributed by atoms with Gasteiger partial charge in [-0.15, -0.1) is 11.8 Å². The number of nitro groups is 1. The lowest BCUT2D eigenvalue weighted by atomic mass is 9.86. The Bertz CT molecular complexity index is 1220. The molecular formula is C26H35FN4O5S2. The number of sulfonamides is 1. The molecule has 0 aromatic heterocycles. The maximum absolute atomic E-state index is 15.0. The van der Waals surface area contributed by atoms with Crippen LogP contribution in [0.3, 0.4) is 0 Å². The SMILES string of the molecule is CN(C)CC[C@H](CSc1ccccc1)N(C)c1ccc(S(=O)(=O)NC(=O)C2(F)CCCCC2)cc1[N+](=O)[O-]. The molecule has 38 heavy (non-hydrogen) atoms. The molecule has 0 aliphatic heterocycles. The Morgan fingerprint density at radius 1 is 1.13 bits per heavy atom. The Kier molecular flexibility index (Phi) is 10.1. The molecule has 1 atom stereocenters. The van der Waals surface area contributed by atoms with E-state index in [9.17, 15) is 23.3 Å². The third kappa shape index (κ3) is 7.67. The van der Waals surface area contributed by atoms with Crippen LogP contribution in [0, 0.1) is 10.1 Å². The molecule has 1 aliphatic rings. The molecule has 2 aromatic carbocycles. The van der Waals surface area contributed by atoms with Crippen molar-refractivity contribution >= 4 is 39.1 Å². The summed E-state index contributed by atoms with van der Waals surface area (Å²) in [6.07, 6.45) is 2.39. The second-order valence-electron chi connectivity index (χ2n) is 9.85. The number of carbonyl (C=O) groups is 1. The van der Waals surface area contributed by atoms with Crippen LogP contribution in [0.25, 0.3) is 0 Å². The first-order chi connectivity index (χ1) is 17.9. The maximum Gasteiger partial charge on any atom is 0.293 e. The fourth-order valence-corrected chi connectivity index (χ4v) is 6.61. The number of anilines is 1. The van der Waals surface area contributed by atoms with Crippen LogP contribution in [0.2, 0.25) is 0 Å². The summed E-state index contributed by atoms with van der Waals surface area (Å²) in [4.78, 5) is 28.3. The molecule has 2 aromatic rings. The number of hydrogen-bond donors (Lipinski definition) is 1. The molecule has 1 fully saturated rings. The first kappa shape index (κ1) is 29.9. The molecule has 0 bridgehead atoms. The highest BCUT2D eigenvalue weighted by Crippen LogP contribution is 2.35. The highest BCUT2D eigenvalue weighted by atomic mass is 32.2. The molecule has 208 valence electrons. The normalized spacial score (nSPS) is 16.1. The van der Waals surface area contributed by atoms with Crippen LogP contribution >= 0.6 is 11.8 Å². The Morgan fingerprint density at radius 2 is 1.79 bits per heavy atom. The monoisotopic (exact) mass is 566 g/mol. The number of halogens is 1. The highest BCUT2D eigenvalue weighted by Gasteiger charge is 2.42. The average Bonchev–Trinajstić information content (AvgIpc) is 2.88. The summed E-state index contributed by atoms with van der Waals surface area (Å²) in [5.74, 6) is -0.567. The smallest absolute Gasteiger partial charge is 0.293 e. The lowest BCUT2D eigenvalue weighted by molar-refractivity contribution is -0.384. The van der Waals surface area contributed by atoms with Crippen molar-refractivity contribution in [3.05, 3.63) is 58.6 Å². The predicted molar refractivity (Wildman–Crippen MR) is 148 cm³/mol. The maximum atomic E-state index is 15.0. The van der Waals surface area contributed by atoms with E-state index in [4.69, 9.17) is 0 Å². The minimum Gasteiger partial charge on any atom is -0.365 e. The molecule has 1 N–H and O–H groups in total. The molecule has 1 aliphatic carbocycles. The van der Waals surface area contributed by atoms with Gasteiger partial charge in [0.05, 0.1) is 9.82 Å². The zero-order valence-electron chi connectivity index (χ0n) is 21.9. The molecule has 1 amide bonds. The van der Waals surface area contributed by atoms with Gasteiger partial charge < -0.3 is 9.80 Å². The van der Waals surface area contributed by atoms with Crippen LogP contribution in [0.15, 0.2) is 58.3 Å². The first-order valence-corrected chi connectivity index (χ1v) is 15.0. The largest absolute Gasteiger partial charge is 0.365 e. The van der Waals surface area contributed by atoms with Crippen molar-refractivity contribution in [3.63, 3.8) is 0 Å². The van der Waals surface area contributed by atoms with Gasteiger partial charge in [0.25, 0.3) is 21.6 Å². The number of rotatable bonds is 12. The Morgan fingerprint density at radius 3 is 2.39 bits per heavy atom. The summed E-state index contributed by atoms with van der Waals surface area (Å²) in [6, 6.07) is 13.3. The molecule has 3 rings (SSSR count). The fraction of sp³-hybridized carbons (Fsp3) is 0.500. The summed E-state index contributed by atoms with van der Waals surface area (Å²) in [7, 11) is 1.15. The van der Waals surface area contributed by atoms with E-state index < -0.39 is 37.1 Å². The predicted octanol–water partition coefficient (Wildman–Crippen LogP) is 4.62. The number of nitrogens with zero attached hydrogens (tertiary/aromatic N) is 3. The zero-order valence-corrected chi connectivity index (χ0v) is 23.6. The number of amides is 1. The van der Waals surface area contributed by atoms with Crippen molar-refractivity contribution < 1.29 is 22.5 Å². The quantitative estimate of drug-likeness (QED) is 0.225. The van der Waals surface area contributed by atoms with Gasteiger partial charge in [0, 0.05) is 29.8 Å². The number of thioether (sulfide) groups is 1. The van der Waals surface area contributed by atoms with E-state index in [-0.39, 0.29) is 24.6 Å². The molecule has 0 heterocycles. The van der Waals surface area contributed by atoms with Crippen LogP contribution in [-0.4, -0.2) is 69.3 Å². The Balaban J connectivity index is 1.85. The fourth-order valence-electron chi connectivity index (χ4n) is 4.43. The highest BCUT2D eigenvalue weighted by molar-refractivity contribution is 7.99. The number of benzene rings is 2. The third-order valence-corrected chi connectivity index (χ3v) is 9.24. The Labute approximate surface area is 228 Å². The summed E-state index contributed by atoms with van der Waals surface area (Å²) < 4.78 is 42.6. The van der Waals surface area contributed by atoms with Crippen molar-refractivity contribution in [2.75, 3.05) is 38.3 Å². The second kappa shape index (κ2) is 12.9. The molecule has 0 saturated heterocycles. The molecule has 0 unspecified atom stereocenters. The molecule has 0 spiro atoms. The molecule has 9 nitrogen and oxygen atoms in total. The van der Waals surface area contributed by atoms with Crippen molar-refractivity contribution in [1.82, 2.24) is 9.62 Å². The van der Waals surface area contributed by atoms with Crippen LogP contribution in [0.1, 0.15) is 38.5 Å². The van der Waals surface area contributed by atoms with Gasteiger partial charge in [-0.1, -0.05) is 24.6 Å². The van der Waals surface area contributed by atoms with Gasteiger partial charge in [-0.2, -0.15) is 0 Å². The van der Waals surface area contributed by atoms with E-state index in [0.717, 1.165) is 30.3 Å². The minimum absolute atomic E-state index is 0.0481. The third-order valence-electron chi connectivity index (χ3n) is 6.76. The van der Waals surface area contributed by atoms with Crippen molar-refractivity contribution in [2.24, 2.45) is 0 Å². The Hall–Kier alpha value is -2.70. The van der Waals surface area contributed by atoms with Crippen LogP contribution < -0.4 is 9.62 Å². The summed E-state index contributed by atoms with van der Waals surface area (Å²) in [5, 5.41) is 12.0. The molecular weight excluding hydrogens is 531 g/mol. The van der Waals surface area contributed by atoms with Gasteiger partial charge in [-0.25, -0.2) is 17.5 Å². The standard InChI is InChI=1S/C26H35FN4O5S2/c1-29(2)17-14-20(19-37-21-10-6-4-7-11-21)30(3)23-13-12-22(18-24(23)31(33)34)38(35,36)28-25(32)26(27)15-8-5-9-16-26/h4,6-7,10-13,18,20H,5,8-9,14-17,19H2,1-3H3,(H,28,32)/t20-/m1/s1. The first-order valence-electron chi connectivity index (χ1n) is 12.5. The van der Waals surface area contributed by atoms with E-state index in [1.807, 2.05) is 49.3 Å². The molecule has 1 saturated carbocycles. The van der Waals surface area contributed by atoms with Gasteiger partial charge in [0.15, 0.2) is 5.67 Å². The van der Waals surface area contributed by atoms with E-state index >= 15 is 4.39 Å². The van der Waals surface area contributed by atoms with E-state index in [1.165, 1.54) is 12.1 Å². The van der Waals surface area contributed by atoms with Crippen LogP contribution in [0.4, 0.5) is 15.8 Å². The number of alkyl halides is 1. The van der Waals surface area contributed by atoms with Gasteiger partial charge in [-0.05, 0) is 77.0 Å². The van der Waals surface area contributed by atoms with Crippen molar-refractivity contribution in [1.29, 1.82) is 0 Å². The summed E-state index contributed by atoms with van der Waals surface area (Å²) >= 11 is 1.64. The van der Waals surface area contributed by atoms with Gasteiger partial charge >= 0.3 is 0 Å². The van der Waals surface area contributed by atoms with Gasteiger partial charge in [-0.3, -0.25) is 14.9 Å². The molecule has 0 radical (unpaired) electrons. The topological polar surface area (TPSA) is 113 Å². The summed E-state index contributed by atoms with van der Waals surface area (Å²) in [5.41, 5.74) is -2.41. The lowest BCUT2D eigenvalue weighted by Gasteiger charge is -2.31. The number of nitro benzene ring substituents is 1. The van der Waals surface area contributed by atoms with Crippen LogP contribution in [0.5, 0.6) is 0 Å². The zero-order chi connectivity index (χ0) is 27.9. The average molecular weight is 567 g/mol. The molecule has 12 heteroatoms. The van der Waals surface area contributed by atoms with Gasteiger partial charge in [0.2, 0.25) is 0 Å². The number of carbonyl (C=O) groups excluding carboxylic acids is 1. The van der Waals surface area contributed by atoms with Crippen molar-refractivity contribution in [2.45, 2.75) is 60.0 Å². The number of nitrogens with one attached hydrogen (secondary N) is 1. The van der Waals surface area contributed by atoms with Crippen molar-refractivity contribution in [3.8, 4) is 0 Å². The second-order valence-corrected chi connectivity index (χ2v) is 12.6. The minimum atomic E-state index is -4.51. The van der Waals surface area contributed by atoms with E-state index in [1.54, 1.807) is 28.4 Å².